The first-order valence-corrected chi connectivity index (χ1v) is 10.7. The number of benzene rings is 2. The van der Waals surface area contributed by atoms with Gasteiger partial charge in [0.25, 0.3) is 0 Å². The van der Waals surface area contributed by atoms with E-state index in [0.717, 1.165) is 62.4 Å². The summed E-state index contributed by atoms with van der Waals surface area (Å²) in [5.41, 5.74) is 13.7. The summed E-state index contributed by atoms with van der Waals surface area (Å²) < 4.78 is 12.3. The fourth-order valence-electron chi connectivity index (χ4n) is 4.56. The minimum atomic E-state index is -0.258. The van der Waals surface area contributed by atoms with E-state index in [4.69, 9.17) is 20.9 Å². The zero-order valence-electron chi connectivity index (χ0n) is 17.5. The summed E-state index contributed by atoms with van der Waals surface area (Å²) in [6.45, 7) is 2.85. The Bertz CT molecular complexity index is 1070. The minimum Gasteiger partial charge on any atom is -0.470 e. The van der Waals surface area contributed by atoms with Gasteiger partial charge >= 0.3 is 0 Å². The summed E-state index contributed by atoms with van der Waals surface area (Å²) in [4.78, 5) is 10.8. The van der Waals surface area contributed by atoms with Crippen LogP contribution in [0.5, 0.6) is 17.4 Å². The van der Waals surface area contributed by atoms with Gasteiger partial charge in [0.05, 0.1) is 5.56 Å². The smallest absolute Gasteiger partial charge is 0.225 e. The quantitative estimate of drug-likeness (QED) is 0.666. The van der Waals surface area contributed by atoms with Gasteiger partial charge in [-0.15, -0.1) is 0 Å². The van der Waals surface area contributed by atoms with E-state index in [1.807, 2.05) is 36.4 Å². The number of hydrogen-bond donors (Lipinski definition) is 2. The number of ether oxygens (including phenoxy) is 2. The van der Waals surface area contributed by atoms with Gasteiger partial charge in [-0.1, -0.05) is 30.3 Å². The first-order chi connectivity index (χ1) is 15.1. The van der Waals surface area contributed by atoms with Crippen LogP contribution in [0.15, 0.2) is 54.6 Å². The van der Waals surface area contributed by atoms with Crippen LogP contribution in [0, 0.1) is 0 Å². The fraction of sp³-hybridized carbons (Fsp3) is 0.333. The number of aromatic nitrogens is 2. The maximum absolute atomic E-state index is 6.30. The second-order valence-corrected chi connectivity index (χ2v) is 8.40. The van der Waals surface area contributed by atoms with Crippen molar-refractivity contribution in [2.75, 3.05) is 24.6 Å². The largest absolute Gasteiger partial charge is 0.470 e. The van der Waals surface area contributed by atoms with Crippen molar-refractivity contribution in [1.82, 2.24) is 14.9 Å². The number of rotatable bonds is 4. The second-order valence-electron chi connectivity index (χ2n) is 8.40. The highest BCUT2D eigenvalue weighted by Gasteiger charge is 2.42. The van der Waals surface area contributed by atoms with Gasteiger partial charge in [-0.2, -0.15) is 9.97 Å². The minimum absolute atomic E-state index is 0.168. The Kier molecular flexibility index (Phi) is 5.11. The molecule has 0 amide bonds. The van der Waals surface area contributed by atoms with E-state index < -0.39 is 0 Å². The van der Waals surface area contributed by atoms with Crippen molar-refractivity contribution in [2.24, 2.45) is 0 Å². The second kappa shape index (κ2) is 8.07. The first-order valence-electron chi connectivity index (χ1n) is 10.7. The molecule has 1 aromatic heterocycles. The molecule has 0 aliphatic carbocycles. The normalized spacial score (nSPS) is 20.8. The molecule has 3 heterocycles. The molecule has 1 atom stereocenters. The van der Waals surface area contributed by atoms with Gasteiger partial charge in [-0.05, 0) is 49.2 Å². The van der Waals surface area contributed by atoms with E-state index in [2.05, 4.69) is 33.1 Å². The van der Waals surface area contributed by atoms with Crippen molar-refractivity contribution in [3.63, 3.8) is 0 Å². The molecule has 0 saturated carbocycles. The highest BCUT2D eigenvalue weighted by Crippen LogP contribution is 2.42. The number of nitrogens with two attached hydrogens (primary N) is 2. The lowest BCUT2D eigenvalue weighted by Gasteiger charge is -2.27. The van der Waals surface area contributed by atoms with Gasteiger partial charge < -0.3 is 20.9 Å². The van der Waals surface area contributed by atoms with Gasteiger partial charge in [0.15, 0.2) is 0 Å². The Morgan fingerprint density at radius 3 is 2.68 bits per heavy atom. The number of fused-ring (bicyclic) bond motifs is 1. The third-order valence-electron chi connectivity index (χ3n) is 6.10. The molecular formula is C24H27N5O2. The Morgan fingerprint density at radius 1 is 0.968 bits per heavy atom. The molecule has 0 unspecified atom stereocenters. The summed E-state index contributed by atoms with van der Waals surface area (Å²) in [6.07, 6.45) is 3.69. The average molecular weight is 418 g/mol. The molecule has 2 aliphatic heterocycles. The van der Waals surface area contributed by atoms with Crippen LogP contribution in [0.4, 0.5) is 11.8 Å². The summed E-state index contributed by atoms with van der Waals surface area (Å²) in [5, 5.41) is 0. The highest BCUT2D eigenvalue weighted by atomic mass is 16.5. The summed E-state index contributed by atoms with van der Waals surface area (Å²) in [6, 6.07) is 18.2. The third kappa shape index (κ3) is 4.27. The molecule has 31 heavy (non-hydrogen) atoms. The Morgan fingerprint density at radius 2 is 1.81 bits per heavy atom. The Hall–Kier alpha value is -3.32. The zero-order valence-corrected chi connectivity index (χ0v) is 17.5. The molecule has 2 aliphatic rings. The summed E-state index contributed by atoms with van der Waals surface area (Å²) in [7, 11) is 0. The predicted octanol–water partition coefficient (Wildman–Crippen LogP) is 3.79. The van der Waals surface area contributed by atoms with Crippen LogP contribution in [0.25, 0.3) is 0 Å². The average Bonchev–Trinajstić information content (AvgIpc) is 3.00. The van der Waals surface area contributed by atoms with Crippen molar-refractivity contribution >= 4 is 11.8 Å². The van der Waals surface area contributed by atoms with Crippen LogP contribution >= 0.6 is 0 Å². The molecule has 1 spiro atoms. The summed E-state index contributed by atoms with van der Waals surface area (Å²) >= 11 is 0. The third-order valence-corrected chi connectivity index (χ3v) is 6.10. The van der Waals surface area contributed by atoms with Crippen LogP contribution in [0.3, 0.4) is 0 Å². The van der Waals surface area contributed by atoms with Crippen molar-refractivity contribution in [1.29, 1.82) is 0 Å². The van der Waals surface area contributed by atoms with Crippen LogP contribution < -0.4 is 20.9 Å². The maximum Gasteiger partial charge on any atom is 0.225 e. The van der Waals surface area contributed by atoms with Crippen molar-refractivity contribution in [2.45, 2.75) is 37.8 Å². The lowest BCUT2D eigenvalue weighted by atomic mass is 9.90. The number of anilines is 2. The number of para-hydroxylation sites is 1. The lowest BCUT2D eigenvalue weighted by Crippen LogP contribution is -2.36. The van der Waals surface area contributed by atoms with Crippen LogP contribution in [0.2, 0.25) is 0 Å². The molecule has 160 valence electrons. The first kappa shape index (κ1) is 19.6. The molecule has 3 aromatic rings. The molecular weight excluding hydrogens is 390 g/mol. The summed E-state index contributed by atoms with van der Waals surface area (Å²) in [5.74, 6) is 2.87. The topological polar surface area (TPSA) is 99.5 Å². The Labute approximate surface area is 182 Å². The van der Waals surface area contributed by atoms with E-state index in [0.29, 0.717) is 11.7 Å². The van der Waals surface area contributed by atoms with Crippen molar-refractivity contribution in [3.05, 3.63) is 65.7 Å². The van der Waals surface area contributed by atoms with E-state index in [1.54, 1.807) is 0 Å². The predicted molar refractivity (Wildman–Crippen MR) is 120 cm³/mol. The van der Waals surface area contributed by atoms with Crippen LogP contribution in [-0.4, -0.2) is 33.6 Å². The highest BCUT2D eigenvalue weighted by molar-refractivity contribution is 5.52. The monoisotopic (exact) mass is 417 g/mol. The standard InChI is InChI=1S/C24H27N5O2/c25-21-20-15-24(31-22(20)28-23(26)27-21)10-5-12-29(13-11-24)16-17-6-4-9-19(14-17)30-18-7-2-1-3-8-18/h1-4,6-9,14H,5,10-13,15-16H2,(H4,25,26,27,28)/t24-/m0/s1. The number of nitrogen functional groups attached to an aromatic ring is 2. The molecule has 0 radical (unpaired) electrons. The van der Waals surface area contributed by atoms with E-state index in [-0.39, 0.29) is 11.5 Å². The SMILES string of the molecule is Nc1nc(N)c2c(n1)O[C@]1(CCCN(Cc3cccc(Oc4ccccc4)c3)CC1)C2. The zero-order chi connectivity index (χ0) is 21.3. The molecule has 4 N–H and O–H groups in total. The van der Waals surface area contributed by atoms with E-state index in [9.17, 15) is 0 Å². The maximum atomic E-state index is 6.30. The van der Waals surface area contributed by atoms with Gasteiger partial charge in [0.2, 0.25) is 11.8 Å². The van der Waals surface area contributed by atoms with Crippen LogP contribution in [-0.2, 0) is 13.0 Å². The molecule has 1 saturated heterocycles. The van der Waals surface area contributed by atoms with Crippen LogP contribution in [0.1, 0.15) is 30.4 Å². The fourth-order valence-corrected chi connectivity index (χ4v) is 4.56. The van der Waals surface area contributed by atoms with Gasteiger partial charge in [-0.25, -0.2) is 0 Å². The molecule has 2 aromatic carbocycles. The number of nitrogens with zero attached hydrogens (tertiary/aromatic N) is 3. The molecule has 5 rings (SSSR count). The Balaban J connectivity index is 1.24. The van der Waals surface area contributed by atoms with E-state index in [1.165, 1.54) is 5.56 Å². The van der Waals surface area contributed by atoms with Crippen molar-refractivity contribution < 1.29 is 9.47 Å². The molecule has 1 fully saturated rings. The van der Waals surface area contributed by atoms with Gasteiger partial charge in [-0.3, -0.25) is 4.90 Å². The van der Waals surface area contributed by atoms with Gasteiger partial charge in [0, 0.05) is 25.9 Å². The molecule has 0 bridgehead atoms. The van der Waals surface area contributed by atoms with Gasteiger partial charge in [0.1, 0.15) is 22.9 Å². The number of hydrogen-bond acceptors (Lipinski definition) is 7. The molecule has 7 nitrogen and oxygen atoms in total. The van der Waals surface area contributed by atoms with Crippen molar-refractivity contribution in [3.8, 4) is 17.4 Å². The molecule has 7 heteroatoms. The lowest BCUT2D eigenvalue weighted by molar-refractivity contribution is 0.0728. The van der Waals surface area contributed by atoms with E-state index >= 15 is 0 Å². The number of likely N-dealkylation sites (tertiary alicyclic amines) is 1.